The smallest absolute Gasteiger partial charge is 0.306 e. The summed E-state index contributed by atoms with van der Waals surface area (Å²) in [7, 11) is 0. The third kappa shape index (κ3) is 54.4. The molecule has 0 saturated heterocycles. The average Bonchev–Trinajstić information content (AvgIpc) is 3.33. The van der Waals surface area contributed by atoms with E-state index >= 15 is 0 Å². The maximum atomic E-state index is 12.9. The molecule has 67 heavy (non-hydrogen) atoms. The van der Waals surface area contributed by atoms with Gasteiger partial charge in [0.05, 0.1) is 0 Å². The number of hydrogen-bond donors (Lipinski definition) is 0. The molecule has 0 aliphatic heterocycles. The maximum Gasteiger partial charge on any atom is 0.306 e. The molecule has 0 aromatic carbocycles. The van der Waals surface area contributed by atoms with Crippen LogP contribution in [0, 0.1) is 0 Å². The molecular weight excluding hydrogens is 829 g/mol. The van der Waals surface area contributed by atoms with Gasteiger partial charge in [-0.05, 0) is 51.4 Å². The van der Waals surface area contributed by atoms with Crippen molar-refractivity contribution in [1.82, 2.24) is 0 Å². The SMILES string of the molecule is CC/C=C\C/C=C\C/C=C\CCCCCCCCC(=O)OC(COC(=O)CCCCCCCCCCCCCCCC)COC(=O)CCCCCCCCCCCCCCCCCCCCC. The molecule has 0 bridgehead atoms. The van der Waals surface area contributed by atoms with E-state index in [0.29, 0.717) is 19.3 Å². The number of unbranched alkanes of at least 4 members (excludes halogenated alkanes) is 37. The predicted octanol–water partition coefficient (Wildman–Crippen LogP) is 19.7. The van der Waals surface area contributed by atoms with Crippen molar-refractivity contribution in [2.45, 2.75) is 322 Å². The highest BCUT2D eigenvalue weighted by Crippen LogP contribution is 2.17. The van der Waals surface area contributed by atoms with Gasteiger partial charge in [-0.3, -0.25) is 14.4 Å². The molecule has 0 rings (SSSR count). The fourth-order valence-corrected chi connectivity index (χ4v) is 8.75. The van der Waals surface area contributed by atoms with E-state index in [-0.39, 0.29) is 31.1 Å². The molecule has 6 heteroatoms. The zero-order valence-corrected chi connectivity index (χ0v) is 44.9. The molecule has 6 nitrogen and oxygen atoms in total. The largest absolute Gasteiger partial charge is 0.462 e. The van der Waals surface area contributed by atoms with Crippen LogP contribution in [0.2, 0.25) is 0 Å². The van der Waals surface area contributed by atoms with E-state index in [2.05, 4.69) is 57.2 Å². The Morgan fingerprint density at radius 1 is 0.313 bits per heavy atom. The summed E-state index contributed by atoms with van der Waals surface area (Å²) in [6, 6.07) is 0. The molecule has 0 saturated carbocycles. The summed E-state index contributed by atoms with van der Waals surface area (Å²) in [6.45, 7) is 6.57. The van der Waals surface area contributed by atoms with Crippen molar-refractivity contribution in [3.8, 4) is 0 Å². The van der Waals surface area contributed by atoms with E-state index in [0.717, 1.165) is 83.5 Å². The molecule has 0 spiro atoms. The first-order valence-electron chi connectivity index (χ1n) is 29.5. The Morgan fingerprint density at radius 2 is 0.582 bits per heavy atom. The van der Waals surface area contributed by atoms with Gasteiger partial charge >= 0.3 is 17.9 Å². The minimum Gasteiger partial charge on any atom is -0.462 e. The number of ether oxygens (including phenoxy) is 3. The van der Waals surface area contributed by atoms with Crippen molar-refractivity contribution >= 4 is 17.9 Å². The van der Waals surface area contributed by atoms with Gasteiger partial charge in [0, 0.05) is 19.3 Å². The molecular formula is C61H112O6. The van der Waals surface area contributed by atoms with Gasteiger partial charge in [0.15, 0.2) is 6.10 Å². The molecule has 0 aliphatic rings. The fourth-order valence-electron chi connectivity index (χ4n) is 8.75. The highest BCUT2D eigenvalue weighted by molar-refractivity contribution is 5.71. The van der Waals surface area contributed by atoms with Crippen molar-refractivity contribution in [2.24, 2.45) is 0 Å². The van der Waals surface area contributed by atoms with E-state index < -0.39 is 6.10 Å². The van der Waals surface area contributed by atoms with E-state index in [1.807, 2.05) is 0 Å². The number of hydrogen-bond acceptors (Lipinski definition) is 6. The predicted molar refractivity (Wildman–Crippen MR) is 289 cm³/mol. The third-order valence-electron chi connectivity index (χ3n) is 13.2. The Labute approximate surface area is 416 Å². The second-order valence-corrected chi connectivity index (χ2v) is 19.9. The van der Waals surface area contributed by atoms with Crippen molar-refractivity contribution in [2.75, 3.05) is 13.2 Å². The Morgan fingerprint density at radius 3 is 0.910 bits per heavy atom. The first kappa shape index (κ1) is 64.6. The van der Waals surface area contributed by atoms with Crippen LogP contribution in [0.25, 0.3) is 0 Å². The molecule has 0 fully saturated rings. The monoisotopic (exact) mass is 941 g/mol. The minimum absolute atomic E-state index is 0.0725. The van der Waals surface area contributed by atoms with Crippen molar-refractivity contribution in [3.63, 3.8) is 0 Å². The summed E-state index contributed by atoms with van der Waals surface area (Å²) in [4.78, 5) is 38.2. The zero-order valence-electron chi connectivity index (χ0n) is 44.9. The standard InChI is InChI=1S/C61H112O6/c1-4-7-10-13-16-19-22-25-28-30-31-32-34-36-39-42-45-48-51-54-60(63)66-57-58(56-65-59(62)53-50-47-44-41-38-35-27-24-21-18-15-12-9-6-3)67-61(64)55-52-49-46-43-40-37-33-29-26-23-20-17-14-11-8-5-2/h8,11,17,20,26,29,58H,4-7,9-10,12-16,18-19,21-25,27-28,30-57H2,1-3H3/b11-8-,20-17-,29-26-. The molecule has 0 aromatic heterocycles. The second kappa shape index (κ2) is 56.2. The fraction of sp³-hybridized carbons (Fsp3) is 0.852. The van der Waals surface area contributed by atoms with Gasteiger partial charge in [-0.15, -0.1) is 0 Å². The van der Waals surface area contributed by atoms with Crippen LogP contribution in [0.1, 0.15) is 316 Å². The summed E-state index contributed by atoms with van der Waals surface area (Å²) >= 11 is 0. The summed E-state index contributed by atoms with van der Waals surface area (Å²) in [6.07, 6.45) is 67.1. The second-order valence-electron chi connectivity index (χ2n) is 19.9. The van der Waals surface area contributed by atoms with Gasteiger partial charge < -0.3 is 14.2 Å². The van der Waals surface area contributed by atoms with Crippen LogP contribution in [0.15, 0.2) is 36.5 Å². The highest BCUT2D eigenvalue weighted by atomic mass is 16.6. The molecule has 1 atom stereocenters. The lowest BCUT2D eigenvalue weighted by atomic mass is 10.0. The number of carbonyl (C=O) groups is 3. The maximum absolute atomic E-state index is 12.9. The Hall–Kier alpha value is -2.37. The molecule has 1 unspecified atom stereocenters. The molecule has 0 heterocycles. The number of esters is 3. The number of rotatable bonds is 54. The van der Waals surface area contributed by atoms with Gasteiger partial charge in [-0.2, -0.15) is 0 Å². The van der Waals surface area contributed by atoms with Gasteiger partial charge in [0.2, 0.25) is 0 Å². The van der Waals surface area contributed by atoms with Gasteiger partial charge in [-0.25, -0.2) is 0 Å². The summed E-state index contributed by atoms with van der Waals surface area (Å²) in [5.41, 5.74) is 0. The van der Waals surface area contributed by atoms with E-state index in [9.17, 15) is 14.4 Å². The minimum atomic E-state index is -0.775. The molecule has 0 radical (unpaired) electrons. The van der Waals surface area contributed by atoms with Crippen LogP contribution in [-0.4, -0.2) is 37.2 Å². The molecule has 0 amide bonds. The normalized spacial score (nSPS) is 12.2. The topological polar surface area (TPSA) is 78.9 Å². The first-order chi connectivity index (χ1) is 33.0. The molecule has 0 aliphatic carbocycles. The van der Waals surface area contributed by atoms with Crippen LogP contribution in [0.5, 0.6) is 0 Å². The summed E-state index contributed by atoms with van der Waals surface area (Å²) < 4.78 is 16.9. The van der Waals surface area contributed by atoms with Crippen LogP contribution in [0.4, 0.5) is 0 Å². The Kier molecular flexibility index (Phi) is 54.2. The molecule has 392 valence electrons. The van der Waals surface area contributed by atoms with Crippen LogP contribution < -0.4 is 0 Å². The van der Waals surface area contributed by atoms with E-state index in [1.165, 1.54) is 193 Å². The van der Waals surface area contributed by atoms with Crippen LogP contribution >= 0.6 is 0 Å². The first-order valence-corrected chi connectivity index (χ1v) is 29.5. The van der Waals surface area contributed by atoms with Gasteiger partial charge in [0.25, 0.3) is 0 Å². The van der Waals surface area contributed by atoms with Crippen molar-refractivity contribution in [3.05, 3.63) is 36.5 Å². The Bertz CT molecular complexity index is 1130. The molecule has 0 N–H and O–H groups in total. The summed E-state index contributed by atoms with van der Waals surface area (Å²) in [5.74, 6) is -0.865. The van der Waals surface area contributed by atoms with E-state index in [1.54, 1.807) is 0 Å². The average molecular weight is 942 g/mol. The van der Waals surface area contributed by atoms with E-state index in [4.69, 9.17) is 14.2 Å². The Balaban J connectivity index is 4.32. The third-order valence-corrected chi connectivity index (χ3v) is 13.2. The van der Waals surface area contributed by atoms with Crippen LogP contribution in [-0.2, 0) is 28.6 Å². The number of allylic oxidation sites excluding steroid dienone is 6. The lowest BCUT2D eigenvalue weighted by molar-refractivity contribution is -0.167. The number of carbonyl (C=O) groups excluding carboxylic acids is 3. The molecule has 0 aromatic rings. The quantitative estimate of drug-likeness (QED) is 0.0262. The highest BCUT2D eigenvalue weighted by Gasteiger charge is 2.19. The van der Waals surface area contributed by atoms with Crippen LogP contribution in [0.3, 0.4) is 0 Å². The van der Waals surface area contributed by atoms with Gasteiger partial charge in [0.1, 0.15) is 13.2 Å². The van der Waals surface area contributed by atoms with Crippen molar-refractivity contribution < 1.29 is 28.6 Å². The zero-order chi connectivity index (χ0) is 48.6. The lowest BCUT2D eigenvalue weighted by Crippen LogP contribution is -2.30. The lowest BCUT2D eigenvalue weighted by Gasteiger charge is -2.18. The van der Waals surface area contributed by atoms with Crippen molar-refractivity contribution in [1.29, 1.82) is 0 Å². The van der Waals surface area contributed by atoms with Gasteiger partial charge in [-0.1, -0.05) is 282 Å². The summed E-state index contributed by atoms with van der Waals surface area (Å²) in [5, 5.41) is 0.